The molecule has 1 heterocycles. The summed E-state index contributed by atoms with van der Waals surface area (Å²) in [5.74, 6) is 1.75. The van der Waals surface area contributed by atoms with Crippen LogP contribution in [0.5, 0.6) is 0 Å². The molecule has 0 aromatic heterocycles. The van der Waals surface area contributed by atoms with Gasteiger partial charge in [0.2, 0.25) is 0 Å². The zero-order valence-corrected chi connectivity index (χ0v) is 14.0. The molecule has 1 saturated carbocycles. The van der Waals surface area contributed by atoms with E-state index in [1.807, 2.05) is 0 Å². The topological polar surface area (TPSA) is 15.3 Å². The van der Waals surface area contributed by atoms with Crippen molar-refractivity contribution in [3.05, 3.63) is 0 Å². The van der Waals surface area contributed by atoms with Crippen molar-refractivity contribution in [2.75, 3.05) is 19.6 Å². The summed E-state index contributed by atoms with van der Waals surface area (Å²) in [6, 6.07) is 1.58. The zero-order valence-electron chi connectivity index (χ0n) is 14.0. The fourth-order valence-electron chi connectivity index (χ4n) is 4.33. The van der Waals surface area contributed by atoms with Crippen molar-refractivity contribution in [3.8, 4) is 0 Å². The van der Waals surface area contributed by atoms with E-state index >= 15 is 0 Å². The average Bonchev–Trinajstić information content (AvgIpc) is 2.92. The lowest BCUT2D eigenvalue weighted by Gasteiger charge is -2.37. The fraction of sp³-hybridized carbons (Fsp3) is 1.00. The van der Waals surface area contributed by atoms with Crippen molar-refractivity contribution >= 4 is 0 Å². The van der Waals surface area contributed by atoms with E-state index in [2.05, 4.69) is 31.0 Å². The van der Waals surface area contributed by atoms with Crippen LogP contribution in [0.4, 0.5) is 0 Å². The highest BCUT2D eigenvalue weighted by molar-refractivity contribution is 4.88. The maximum Gasteiger partial charge on any atom is 0.0223 e. The molecule has 0 spiro atoms. The molecule has 2 heteroatoms. The Kier molecular flexibility index (Phi) is 6.83. The molecule has 1 aliphatic heterocycles. The van der Waals surface area contributed by atoms with Crippen molar-refractivity contribution in [2.45, 2.75) is 84.2 Å². The Labute approximate surface area is 126 Å². The summed E-state index contributed by atoms with van der Waals surface area (Å²) in [6.07, 6.45) is 11.4. The van der Waals surface area contributed by atoms with Gasteiger partial charge in [-0.05, 0) is 57.0 Å². The molecule has 0 aromatic rings. The van der Waals surface area contributed by atoms with E-state index in [0.717, 1.165) is 23.9 Å². The summed E-state index contributed by atoms with van der Waals surface area (Å²) in [6.45, 7) is 10.9. The second-order valence-electron chi connectivity index (χ2n) is 7.41. The summed E-state index contributed by atoms with van der Waals surface area (Å²) in [5, 5.41) is 3.88. The first kappa shape index (κ1) is 16.3. The molecule has 2 aliphatic rings. The van der Waals surface area contributed by atoms with Crippen molar-refractivity contribution in [1.82, 2.24) is 10.2 Å². The van der Waals surface area contributed by atoms with E-state index in [9.17, 15) is 0 Å². The van der Waals surface area contributed by atoms with Crippen LogP contribution < -0.4 is 5.32 Å². The summed E-state index contributed by atoms with van der Waals surface area (Å²) in [5.41, 5.74) is 0. The molecule has 0 aromatic carbocycles. The minimum absolute atomic E-state index is 0.745. The number of nitrogens with one attached hydrogen (secondary N) is 1. The van der Waals surface area contributed by atoms with E-state index in [1.54, 1.807) is 0 Å². The largest absolute Gasteiger partial charge is 0.312 e. The Morgan fingerprint density at radius 1 is 1.05 bits per heavy atom. The molecule has 2 fully saturated rings. The smallest absolute Gasteiger partial charge is 0.0223 e. The minimum atomic E-state index is 0.745. The average molecular weight is 281 g/mol. The zero-order chi connectivity index (χ0) is 14.4. The highest BCUT2D eigenvalue weighted by Gasteiger charge is 2.31. The van der Waals surface area contributed by atoms with Gasteiger partial charge < -0.3 is 5.32 Å². The van der Waals surface area contributed by atoms with Crippen LogP contribution in [0.3, 0.4) is 0 Å². The standard InChI is InChI=1S/C18H36N2/c1-4-12-19-17(16-9-6-5-7-10-16)14-20-13-8-11-18(20)15(2)3/h15-19H,4-14H2,1-3H3. The molecule has 0 bridgehead atoms. The van der Waals surface area contributed by atoms with Gasteiger partial charge in [0.05, 0.1) is 0 Å². The molecule has 2 nitrogen and oxygen atoms in total. The quantitative estimate of drug-likeness (QED) is 0.756. The van der Waals surface area contributed by atoms with Gasteiger partial charge in [-0.25, -0.2) is 0 Å². The van der Waals surface area contributed by atoms with Gasteiger partial charge in [0.25, 0.3) is 0 Å². The Balaban J connectivity index is 1.91. The van der Waals surface area contributed by atoms with E-state index < -0.39 is 0 Å². The van der Waals surface area contributed by atoms with Crippen LogP contribution in [0, 0.1) is 11.8 Å². The lowest BCUT2D eigenvalue weighted by molar-refractivity contribution is 0.151. The maximum atomic E-state index is 3.88. The molecule has 2 unspecified atom stereocenters. The normalized spacial score (nSPS) is 27.3. The molecule has 1 saturated heterocycles. The summed E-state index contributed by atoms with van der Waals surface area (Å²) < 4.78 is 0. The molecule has 0 radical (unpaired) electrons. The Bertz CT molecular complexity index is 258. The van der Waals surface area contributed by atoms with Crippen LogP contribution in [0.15, 0.2) is 0 Å². The predicted molar refractivity (Wildman–Crippen MR) is 88.1 cm³/mol. The monoisotopic (exact) mass is 280 g/mol. The second kappa shape index (κ2) is 8.38. The Morgan fingerprint density at radius 3 is 2.45 bits per heavy atom. The first-order valence-electron chi connectivity index (χ1n) is 9.19. The van der Waals surface area contributed by atoms with Gasteiger partial charge in [-0.15, -0.1) is 0 Å². The molecule has 2 rings (SSSR count). The van der Waals surface area contributed by atoms with Crippen LogP contribution in [0.2, 0.25) is 0 Å². The minimum Gasteiger partial charge on any atom is -0.312 e. The third-order valence-electron chi connectivity index (χ3n) is 5.49. The molecule has 0 amide bonds. The molecule has 1 N–H and O–H groups in total. The molecule has 1 aliphatic carbocycles. The van der Waals surface area contributed by atoms with Crippen LogP contribution in [-0.4, -0.2) is 36.6 Å². The van der Waals surface area contributed by atoms with Crippen molar-refractivity contribution < 1.29 is 0 Å². The van der Waals surface area contributed by atoms with Gasteiger partial charge in [-0.3, -0.25) is 4.90 Å². The second-order valence-corrected chi connectivity index (χ2v) is 7.41. The third-order valence-corrected chi connectivity index (χ3v) is 5.49. The number of rotatable bonds is 7. The van der Waals surface area contributed by atoms with Gasteiger partial charge in [0, 0.05) is 18.6 Å². The maximum absolute atomic E-state index is 3.88. The summed E-state index contributed by atoms with van der Waals surface area (Å²) in [4.78, 5) is 2.80. The van der Waals surface area contributed by atoms with Crippen molar-refractivity contribution in [3.63, 3.8) is 0 Å². The lowest BCUT2D eigenvalue weighted by atomic mass is 9.83. The van der Waals surface area contributed by atoms with Gasteiger partial charge in [-0.2, -0.15) is 0 Å². The lowest BCUT2D eigenvalue weighted by Crippen LogP contribution is -2.48. The first-order valence-corrected chi connectivity index (χ1v) is 9.19. The van der Waals surface area contributed by atoms with E-state index in [1.165, 1.54) is 71.0 Å². The van der Waals surface area contributed by atoms with Crippen molar-refractivity contribution in [2.24, 2.45) is 11.8 Å². The van der Waals surface area contributed by atoms with Crippen molar-refractivity contribution in [1.29, 1.82) is 0 Å². The van der Waals surface area contributed by atoms with Gasteiger partial charge in [0.15, 0.2) is 0 Å². The van der Waals surface area contributed by atoms with Gasteiger partial charge in [-0.1, -0.05) is 40.0 Å². The molecule has 20 heavy (non-hydrogen) atoms. The van der Waals surface area contributed by atoms with Gasteiger partial charge >= 0.3 is 0 Å². The van der Waals surface area contributed by atoms with E-state index in [0.29, 0.717) is 0 Å². The molecule has 118 valence electrons. The van der Waals surface area contributed by atoms with E-state index in [-0.39, 0.29) is 0 Å². The number of nitrogens with zero attached hydrogens (tertiary/aromatic N) is 1. The summed E-state index contributed by atoms with van der Waals surface area (Å²) in [7, 11) is 0. The van der Waals surface area contributed by atoms with E-state index in [4.69, 9.17) is 0 Å². The highest BCUT2D eigenvalue weighted by Crippen LogP contribution is 2.29. The number of hydrogen-bond acceptors (Lipinski definition) is 2. The fourth-order valence-corrected chi connectivity index (χ4v) is 4.33. The SMILES string of the molecule is CCCNC(CN1CCCC1C(C)C)C1CCCCC1. The van der Waals surface area contributed by atoms with Crippen LogP contribution >= 0.6 is 0 Å². The number of likely N-dealkylation sites (tertiary alicyclic amines) is 1. The first-order chi connectivity index (χ1) is 9.72. The van der Waals surface area contributed by atoms with Crippen LogP contribution in [0.1, 0.15) is 72.1 Å². The highest BCUT2D eigenvalue weighted by atomic mass is 15.2. The molecule has 2 atom stereocenters. The third kappa shape index (κ3) is 4.46. The molecular formula is C18H36N2. The number of hydrogen-bond donors (Lipinski definition) is 1. The molecular weight excluding hydrogens is 244 g/mol. The Hall–Kier alpha value is -0.0800. The van der Waals surface area contributed by atoms with Crippen LogP contribution in [-0.2, 0) is 0 Å². The Morgan fingerprint density at radius 2 is 1.80 bits per heavy atom. The summed E-state index contributed by atoms with van der Waals surface area (Å²) >= 11 is 0. The van der Waals surface area contributed by atoms with Gasteiger partial charge in [0.1, 0.15) is 0 Å². The van der Waals surface area contributed by atoms with Crippen LogP contribution in [0.25, 0.3) is 0 Å². The predicted octanol–water partition coefficient (Wildman–Crippen LogP) is 4.06.